The van der Waals surface area contributed by atoms with Crippen LogP contribution in [-0.4, -0.2) is 41.1 Å². The molecule has 1 aromatic heterocycles. The summed E-state index contributed by atoms with van der Waals surface area (Å²) >= 11 is 3.50. The number of nitrogens with zero attached hydrogens (tertiary/aromatic N) is 2. The fraction of sp³-hybridized carbons (Fsp3) is 0.706. The summed E-state index contributed by atoms with van der Waals surface area (Å²) in [5.41, 5.74) is 0.805. The summed E-state index contributed by atoms with van der Waals surface area (Å²) in [6, 6.07) is 2.93. The average Bonchev–Trinajstić information content (AvgIpc) is 3.16. The Balaban J connectivity index is 1.64. The maximum atomic E-state index is 12.8. The molecule has 2 saturated heterocycles. The van der Waals surface area contributed by atoms with Gasteiger partial charge in [-0.2, -0.15) is 0 Å². The number of carbonyl (C=O) groups excluding carboxylic acids is 1. The minimum atomic E-state index is 0.178. The number of hydrogen-bond acceptors (Lipinski definition) is 2. The summed E-state index contributed by atoms with van der Waals surface area (Å²) < 4.78 is 3.05. The molecule has 2 aliphatic rings. The number of likely N-dealkylation sites (tertiary alicyclic amines) is 1. The largest absolute Gasteiger partial charge is 0.340 e. The highest BCUT2D eigenvalue weighted by Crippen LogP contribution is 2.27. The fourth-order valence-corrected chi connectivity index (χ4v) is 4.26. The highest BCUT2D eigenvalue weighted by atomic mass is 79.9. The number of nitrogens with one attached hydrogen (secondary N) is 1. The van der Waals surface area contributed by atoms with Crippen LogP contribution in [0.15, 0.2) is 16.7 Å². The van der Waals surface area contributed by atoms with Crippen molar-refractivity contribution < 1.29 is 4.79 Å². The van der Waals surface area contributed by atoms with E-state index in [1.165, 1.54) is 19.4 Å². The molecule has 0 bridgehead atoms. The Morgan fingerprint density at radius 2 is 2.05 bits per heavy atom. The predicted molar refractivity (Wildman–Crippen MR) is 92.2 cm³/mol. The summed E-state index contributed by atoms with van der Waals surface area (Å²) in [6.07, 6.45) is 6.88. The molecule has 2 fully saturated rings. The smallest absolute Gasteiger partial charge is 0.270 e. The lowest BCUT2D eigenvalue weighted by molar-refractivity contribution is 0.0662. The Hall–Kier alpha value is -0.810. The Bertz CT molecular complexity index is 526. The molecule has 5 heteroatoms. The van der Waals surface area contributed by atoms with E-state index >= 15 is 0 Å². The molecule has 3 heterocycles. The van der Waals surface area contributed by atoms with Gasteiger partial charge in [0.15, 0.2) is 0 Å². The van der Waals surface area contributed by atoms with Crippen LogP contribution in [0, 0.1) is 5.92 Å². The maximum absolute atomic E-state index is 12.8. The first kappa shape index (κ1) is 16.1. The van der Waals surface area contributed by atoms with E-state index in [-0.39, 0.29) is 5.91 Å². The summed E-state index contributed by atoms with van der Waals surface area (Å²) in [5.74, 6) is 0.924. The van der Waals surface area contributed by atoms with E-state index in [9.17, 15) is 4.79 Å². The molecular weight excluding hydrogens is 342 g/mol. The van der Waals surface area contributed by atoms with Gasteiger partial charge >= 0.3 is 0 Å². The third-order valence-corrected chi connectivity index (χ3v) is 5.52. The summed E-state index contributed by atoms with van der Waals surface area (Å²) in [5, 5.41) is 3.62. The number of aromatic nitrogens is 1. The van der Waals surface area contributed by atoms with Crippen molar-refractivity contribution in [1.82, 2.24) is 14.8 Å². The van der Waals surface area contributed by atoms with Gasteiger partial charge in [0, 0.05) is 35.8 Å². The van der Waals surface area contributed by atoms with E-state index in [0.29, 0.717) is 12.1 Å². The molecule has 1 aromatic rings. The molecule has 1 unspecified atom stereocenters. The van der Waals surface area contributed by atoms with Gasteiger partial charge < -0.3 is 14.8 Å². The first-order valence-electron chi connectivity index (χ1n) is 8.46. The van der Waals surface area contributed by atoms with Crippen molar-refractivity contribution in [2.75, 3.05) is 19.6 Å². The van der Waals surface area contributed by atoms with Crippen molar-refractivity contribution in [2.45, 2.75) is 51.6 Å². The van der Waals surface area contributed by atoms with Crippen LogP contribution < -0.4 is 5.32 Å². The molecule has 1 atom stereocenters. The monoisotopic (exact) mass is 367 g/mol. The third-order valence-electron chi connectivity index (χ3n) is 5.08. The van der Waals surface area contributed by atoms with Crippen molar-refractivity contribution in [2.24, 2.45) is 5.92 Å². The van der Waals surface area contributed by atoms with Gasteiger partial charge in [-0.25, -0.2) is 0 Å². The van der Waals surface area contributed by atoms with Gasteiger partial charge in [0.2, 0.25) is 0 Å². The Labute approximate surface area is 141 Å². The maximum Gasteiger partial charge on any atom is 0.270 e. The van der Waals surface area contributed by atoms with Gasteiger partial charge in [-0.3, -0.25) is 4.79 Å². The Morgan fingerprint density at radius 1 is 1.32 bits per heavy atom. The van der Waals surface area contributed by atoms with Gasteiger partial charge in [0.05, 0.1) is 0 Å². The van der Waals surface area contributed by atoms with Crippen molar-refractivity contribution in [3.05, 3.63) is 22.4 Å². The number of amides is 1. The van der Waals surface area contributed by atoms with Crippen LogP contribution in [0.2, 0.25) is 0 Å². The zero-order valence-corrected chi connectivity index (χ0v) is 15.1. The molecule has 0 saturated carbocycles. The van der Waals surface area contributed by atoms with E-state index in [1.807, 2.05) is 17.2 Å². The SMILES string of the molecule is CC(C)n1cc(Br)cc1C(=O)N1CCC(C2CCCN2)CC1. The molecule has 1 amide bonds. The number of carbonyl (C=O) groups is 1. The van der Waals surface area contributed by atoms with Crippen molar-refractivity contribution in [1.29, 1.82) is 0 Å². The summed E-state index contributed by atoms with van der Waals surface area (Å²) in [6.45, 7) is 7.17. The van der Waals surface area contributed by atoms with Crippen molar-refractivity contribution in [3.8, 4) is 0 Å². The first-order valence-corrected chi connectivity index (χ1v) is 9.25. The predicted octanol–water partition coefficient (Wildman–Crippen LogP) is 3.44. The lowest BCUT2D eigenvalue weighted by atomic mass is 9.88. The molecule has 122 valence electrons. The highest BCUT2D eigenvalue weighted by molar-refractivity contribution is 9.10. The molecule has 0 aliphatic carbocycles. The molecule has 4 nitrogen and oxygen atoms in total. The standard InChI is InChI=1S/C17H26BrN3O/c1-12(2)21-11-14(18)10-16(21)17(22)20-8-5-13(6-9-20)15-4-3-7-19-15/h10-13,15,19H,3-9H2,1-2H3. The third kappa shape index (κ3) is 3.25. The zero-order valence-electron chi connectivity index (χ0n) is 13.5. The summed E-state index contributed by atoms with van der Waals surface area (Å²) in [7, 11) is 0. The minimum absolute atomic E-state index is 0.178. The molecule has 0 spiro atoms. The van der Waals surface area contributed by atoms with E-state index in [1.54, 1.807) is 0 Å². The number of halogens is 1. The van der Waals surface area contributed by atoms with Crippen LogP contribution in [0.1, 0.15) is 56.1 Å². The topological polar surface area (TPSA) is 37.3 Å². The molecule has 22 heavy (non-hydrogen) atoms. The van der Waals surface area contributed by atoms with Crippen LogP contribution in [-0.2, 0) is 0 Å². The zero-order chi connectivity index (χ0) is 15.7. The highest BCUT2D eigenvalue weighted by Gasteiger charge is 2.31. The van der Waals surface area contributed by atoms with E-state index in [4.69, 9.17) is 0 Å². The van der Waals surface area contributed by atoms with Gasteiger partial charge in [-0.15, -0.1) is 0 Å². The Morgan fingerprint density at radius 3 is 2.64 bits per heavy atom. The minimum Gasteiger partial charge on any atom is -0.340 e. The number of rotatable bonds is 3. The molecule has 3 rings (SSSR count). The quantitative estimate of drug-likeness (QED) is 0.888. The number of hydrogen-bond donors (Lipinski definition) is 1. The van der Waals surface area contributed by atoms with Crippen molar-refractivity contribution in [3.63, 3.8) is 0 Å². The van der Waals surface area contributed by atoms with Crippen LogP contribution >= 0.6 is 15.9 Å². The second-order valence-electron chi connectivity index (χ2n) is 6.88. The Kier molecular flexibility index (Phi) is 4.93. The molecule has 0 radical (unpaired) electrons. The van der Waals surface area contributed by atoms with Crippen LogP contribution in [0.4, 0.5) is 0 Å². The van der Waals surface area contributed by atoms with E-state index in [0.717, 1.165) is 42.0 Å². The van der Waals surface area contributed by atoms with Gasteiger partial charge in [-0.1, -0.05) is 0 Å². The normalized spacial score (nSPS) is 23.5. The van der Waals surface area contributed by atoms with Gasteiger partial charge in [0.25, 0.3) is 5.91 Å². The lowest BCUT2D eigenvalue weighted by Gasteiger charge is -2.35. The van der Waals surface area contributed by atoms with Crippen LogP contribution in [0.5, 0.6) is 0 Å². The van der Waals surface area contributed by atoms with E-state index in [2.05, 4.69) is 39.7 Å². The summed E-state index contributed by atoms with van der Waals surface area (Å²) in [4.78, 5) is 14.9. The van der Waals surface area contributed by atoms with Gasteiger partial charge in [0.1, 0.15) is 5.69 Å². The molecule has 2 aliphatic heterocycles. The van der Waals surface area contributed by atoms with Gasteiger partial charge in [-0.05, 0) is 74.0 Å². The molecular formula is C17H26BrN3O. The van der Waals surface area contributed by atoms with E-state index < -0.39 is 0 Å². The van der Waals surface area contributed by atoms with Crippen LogP contribution in [0.3, 0.4) is 0 Å². The van der Waals surface area contributed by atoms with Crippen LogP contribution in [0.25, 0.3) is 0 Å². The lowest BCUT2D eigenvalue weighted by Crippen LogP contribution is -2.43. The average molecular weight is 368 g/mol. The number of piperidine rings is 1. The molecule has 0 aromatic carbocycles. The second-order valence-corrected chi connectivity index (χ2v) is 7.79. The fourth-order valence-electron chi connectivity index (χ4n) is 3.83. The molecule has 1 N–H and O–H groups in total. The second kappa shape index (κ2) is 6.75. The first-order chi connectivity index (χ1) is 10.6. The van der Waals surface area contributed by atoms with Crippen molar-refractivity contribution >= 4 is 21.8 Å².